The Bertz CT molecular complexity index is 660. The summed E-state index contributed by atoms with van der Waals surface area (Å²) in [6.45, 7) is 8.14. The molecule has 31 heavy (non-hydrogen) atoms. The summed E-state index contributed by atoms with van der Waals surface area (Å²) in [5, 5.41) is 30.7. The standard InChI is InChI=1S/C24H38O6.Na/c1-5-15(3)24(29)30-21-11-14(2)10-17-7-6-16(4)20(23(17)21)9-8-18(25)12-19(26)13-22(27)28;/h6-7,10,14-16,18-21,23,25-26H,5,8-9,11-13H2,1-4H3,(H,27,28);/q;+1/p-1. The van der Waals surface area contributed by atoms with Crippen molar-refractivity contribution in [1.29, 1.82) is 0 Å². The second kappa shape index (κ2) is 13.1. The number of aliphatic hydroxyl groups excluding tert-OH is 2. The molecule has 0 radical (unpaired) electrons. The van der Waals surface area contributed by atoms with Gasteiger partial charge in [0.1, 0.15) is 6.10 Å². The molecule has 6 nitrogen and oxygen atoms in total. The molecule has 7 heteroatoms. The Morgan fingerprint density at radius 1 is 1.26 bits per heavy atom. The van der Waals surface area contributed by atoms with Gasteiger partial charge in [-0.3, -0.25) is 4.79 Å². The van der Waals surface area contributed by atoms with E-state index < -0.39 is 24.6 Å². The summed E-state index contributed by atoms with van der Waals surface area (Å²) >= 11 is 0. The molecular formula is C24H37NaO6. The van der Waals surface area contributed by atoms with E-state index in [1.165, 1.54) is 5.57 Å². The number of carboxylic acid groups (broad SMARTS) is 1. The SMILES string of the molecule is CCC(C)C(=O)OC1CC(C)C=C2C=CC(C)C(CCC(O)CC(O)CC(=O)[O-])C21.[Na+]. The first kappa shape index (κ1) is 28.4. The Morgan fingerprint density at radius 2 is 1.94 bits per heavy atom. The fraction of sp³-hybridized carbons (Fsp3) is 0.750. The normalized spacial score (nSPS) is 30.3. The van der Waals surface area contributed by atoms with E-state index in [0.29, 0.717) is 18.8 Å². The average Bonchev–Trinajstić information content (AvgIpc) is 2.65. The maximum Gasteiger partial charge on any atom is 1.00 e. The first-order valence-electron chi connectivity index (χ1n) is 11.3. The average molecular weight is 445 g/mol. The Morgan fingerprint density at radius 3 is 2.55 bits per heavy atom. The molecule has 0 aliphatic heterocycles. The van der Waals surface area contributed by atoms with Crippen LogP contribution in [0.15, 0.2) is 23.8 Å². The number of hydrogen-bond donors (Lipinski definition) is 2. The Balaban J connectivity index is 0.00000480. The van der Waals surface area contributed by atoms with Crippen molar-refractivity contribution in [3.05, 3.63) is 23.8 Å². The largest absolute Gasteiger partial charge is 1.00 e. The number of ether oxygens (including phenoxy) is 1. The quantitative estimate of drug-likeness (QED) is 0.344. The van der Waals surface area contributed by atoms with Gasteiger partial charge in [-0.05, 0) is 55.4 Å². The van der Waals surface area contributed by atoms with Crippen LogP contribution < -0.4 is 34.7 Å². The monoisotopic (exact) mass is 444 g/mol. The summed E-state index contributed by atoms with van der Waals surface area (Å²) in [6.07, 6.45) is 6.75. The number of carbonyl (C=O) groups is 2. The number of carbonyl (C=O) groups excluding carboxylic acids is 2. The Hall–Kier alpha value is -0.660. The molecular weight excluding hydrogens is 407 g/mol. The van der Waals surface area contributed by atoms with Gasteiger partial charge in [0.15, 0.2) is 0 Å². The van der Waals surface area contributed by atoms with Crippen molar-refractivity contribution in [2.24, 2.45) is 29.6 Å². The van der Waals surface area contributed by atoms with Gasteiger partial charge in [-0.1, -0.05) is 45.9 Å². The smallest absolute Gasteiger partial charge is 0.550 e. The molecule has 0 fully saturated rings. The Kier molecular flexibility index (Phi) is 12.0. The van der Waals surface area contributed by atoms with Gasteiger partial charge in [0.2, 0.25) is 0 Å². The number of esters is 1. The molecule has 0 aromatic carbocycles. The fourth-order valence-corrected chi connectivity index (χ4v) is 4.75. The van der Waals surface area contributed by atoms with Crippen LogP contribution in [0.3, 0.4) is 0 Å². The van der Waals surface area contributed by atoms with E-state index >= 15 is 0 Å². The van der Waals surface area contributed by atoms with Crippen molar-refractivity contribution in [1.82, 2.24) is 0 Å². The molecule has 0 saturated carbocycles. The summed E-state index contributed by atoms with van der Waals surface area (Å²) in [5.41, 5.74) is 1.20. The van der Waals surface area contributed by atoms with Crippen molar-refractivity contribution in [2.45, 2.75) is 84.5 Å². The van der Waals surface area contributed by atoms with Gasteiger partial charge >= 0.3 is 35.5 Å². The van der Waals surface area contributed by atoms with Crippen molar-refractivity contribution in [2.75, 3.05) is 0 Å². The predicted molar refractivity (Wildman–Crippen MR) is 112 cm³/mol. The van der Waals surface area contributed by atoms with Crippen LogP contribution in [0, 0.1) is 29.6 Å². The van der Waals surface area contributed by atoms with Crippen LogP contribution >= 0.6 is 0 Å². The molecule has 0 aromatic heterocycles. The number of fused-ring (bicyclic) bond motifs is 1. The molecule has 170 valence electrons. The second-order valence-electron chi connectivity index (χ2n) is 9.27. The van der Waals surface area contributed by atoms with Crippen LogP contribution in [0.5, 0.6) is 0 Å². The number of carboxylic acids is 1. The van der Waals surface area contributed by atoms with Crippen molar-refractivity contribution >= 4 is 11.9 Å². The van der Waals surface area contributed by atoms with Crippen LogP contribution in [0.4, 0.5) is 0 Å². The van der Waals surface area contributed by atoms with Gasteiger partial charge in [0, 0.05) is 18.3 Å². The van der Waals surface area contributed by atoms with E-state index in [1.54, 1.807) is 0 Å². The van der Waals surface area contributed by atoms with Gasteiger partial charge in [0.05, 0.1) is 18.1 Å². The molecule has 0 heterocycles. The topological polar surface area (TPSA) is 107 Å². The maximum atomic E-state index is 12.5. The number of aliphatic hydroxyl groups is 2. The maximum absolute atomic E-state index is 12.5. The molecule has 2 N–H and O–H groups in total. The third-order valence-electron chi connectivity index (χ3n) is 6.66. The van der Waals surface area contributed by atoms with Gasteiger partial charge in [-0.25, -0.2) is 0 Å². The van der Waals surface area contributed by atoms with Crippen molar-refractivity contribution < 1.29 is 59.2 Å². The summed E-state index contributed by atoms with van der Waals surface area (Å²) in [5.74, 6) is -0.705. The zero-order valence-electron chi connectivity index (χ0n) is 19.6. The van der Waals surface area contributed by atoms with Gasteiger partial charge in [0.25, 0.3) is 0 Å². The van der Waals surface area contributed by atoms with E-state index in [4.69, 9.17) is 4.74 Å². The summed E-state index contributed by atoms with van der Waals surface area (Å²) < 4.78 is 5.99. The van der Waals surface area contributed by atoms with E-state index in [-0.39, 0.29) is 71.7 Å². The fourth-order valence-electron chi connectivity index (χ4n) is 4.75. The first-order chi connectivity index (χ1) is 14.1. The van der Waals surface area contributed by atoms with Crippen LogP contribution in [0.2, 0.25) is 0 Å². The number of rotatable bonds is 10. The van der Waals surface area contributed by atoms with Gasteiger partial charge in [-0.15, -0.1) is 0 Å². The molecule has 2 rings (SSSR count). The molecule has 2 aliphatic rings. The molecule has 8 atom stereocenters. The summed E-state index contributed by atoms with van der Waals surface area (Å²) in [4.78, 5) is 23.1. The second-order valence-corrected chi connectivity index (χ2v) is 9.27. The minimum atomic E-state index is -1.32. The molecule has 8 unspecified atom stereocenters. The Labute approximate surface area is 208 Å². The molecule has 0 amide bonds. The van der Waals surface area contributed by atoms with Gasteiger partial charge in [-0.2, -0.15) is 0 Å². The first-order valence-corrected chi connectivity index (χ1v) is 11.3. The van der Waals surface area contributed by atoms with E-state index in [2.05, 4.69) is 32.1 Å². The van der Waals surface area contributed by atoms with Crippen LogP contribution in [0.25, 0.3) is 0 Å². The number of hydrogen-bond acceptors (Lipinski definition) is 6. The van der Waals surface area contributed by atoms with Crippen LogP contribution in [-0.2, 0) is 14.3 Å². The molecule has 0 saturated heterocycles. The van der Waals surface area contributed by atoms with Crippen molar-refractivity contribution in [3.63, 3.8) is 0 Å². The van der Waals surface area contributed by atoms with E-state index in [1.807, 2.05) is 13.8 Å². The molecule has 2 aliphatic carbocycles. The minimum absolute atomic E-state index is 0. The van der Waals surface area contributed by atoms with E-state index in [0.717, 1.165) is 12.8 Å². The third kappa shape index (κ3) is 8.32. The number of allylic oxidation sites excluding steroid dienone is 3. The number of aliphatic carboxylic acids is 1. The molecule has 0 bridgehead atoms. The zero-order valence-corrected chi connectivity index (χ0v) is 21.6. The summed E-state index contributed by atoms with van der Waals surface area (Å²) in [6, 6.07) is 0. The zero-order chi connectivity index (χ0) is 22.4. The van der Waals surface area contributed by atoms with E-state index in [9.17, 15) is 24.9 Å². The minimum Gasteiger partial charge on any atom is -0.550 e. The molecule has 0 aromatic rings. The predicted octanol–water partition coefficient (Wildman–Crippen LogP) is -0.615. The van der Waals surface area contributed by atoms with Crippen LogP contribution in [0.1, 0.15) is 66.2 Å². The van der Waals surface area contributed by atoms with Crippen molar-refractivity contribution in [3.8, 4) is 0 Å². The third-order valence-corrected chi connectivity index (χ3v) is 6.66. The summed E-state index contributed by atoms with van der Waals surface area (Å²) in [7, 11) is 0. The van der Waals surface area contributed by atoms with Crippen LogP contribution in [-0.4, -0.2) is 40.5 Å². The molecule has 0 spiro atoms. The van der Waals surface area contributed by atoms with Gasteiger partial charge < -0.3 is 24.9 Å².